The van der Waals surface area contributed by atoms with E-state index >= 15 is 0 Å². The summed E-state index contributed by atoms with van der Waals surface area (Å²) >= 11 is 0. The molecule has 0 spiro atoms. The molecule has 0 unspecified atom stereocenters. The van der Waals surface area contributed by atoms with Gasteiger partial charge in [0, 0.05) is 11.9 Å². The first-order valence-corrected chi connectivity index (χ1v) is 12.3. The van der Waals surface area contributed by atoms with E-state index in [2.05, 4.69) is 21.2 Å². The molecule has 0 aliphatic heterocycles. The number of nitrogens with zero attached hydrogens (tertiary/aromatic N) is 2. The van der Waals surface area contributed by atoms with E-state index in [4.69, 9.17) is 0 Å². The van der Waals surface area contributed by atoms with Crippen molar-refractivity contribution < 1.29 is 23.3 Å². The van der Waals surface area contributed by atoms with Crippen LogP contribution in [0.1, 0.15) is 35.1 Å². The van der Waals surface area contributed by atoms with Crippen molar-refractivity contribution in [2.24, 2.45) is 0 Å². The Hall–Kier alpha value is -3.15. The molecule has 2 amide bonds. The minimum atomic E-state index is -4.21. The fourth-order valence-corrected chi connectivity index (χ4v) is 5.54. The predicted octanol–water partition coefficient (Wildman–Crippen LogP) is 1.04. The van der Waals surface area contributed by atoms with E-state index in [1.54, 1.807) is 12.1 Å². The van der Waals surface area contributed by atoms with Crippen LogP contribution in [0.4, 0.5) is 10.5 Å². The third kappa shape index (κ3) is 4.15. The van der Waals surface area contributed by atoms with Crippen LogP contribution < -0.4 is 15.5 Å². The zero-order valence-electron chi connectivity index (χ0n) is 17.8. The van der Waals surface area contributed by atoms with Crippen molar-refractivity contribution in [3.05, 3.63) is 64.8 Å². The molecule has 33 heavy (non-hydrogen) atoms. The summed E-state index contributed by atoms with van der Waals surface area (Å²) in [5.41, 5.74) is 6.15. The molecule has 2 aliphatic carbocycles. The first kappa shape index (κ1) is 21.7. The first-order chi connectivity index (χ1) is 15.8. The van der Waals surface area contributed by atoms with Crippen LogP contribution in [0.2, 0.25) is 0 Å². The number of nitrogens with one attached hydrogen (secondary N) is 2. The Bertz CT molecular complexity index is 1320. The van der Waals surface area contributed by atoms with Crippen LogP contribution in [0, 0.1) is 0 Å². The van der Waals surface area contributed by atoms with E-state index in [1.807, 2.05) is 0 Å². The summed E-state index contributed by atoms with van der Waals surface area (Å²) in [6.45, 7) is 0. The van der Waals surface area contributed by atoms with Crippen LogP contribution >= 0.6 is 0 Å². The number of fused-ring (bicyclic) bond motifs is 2. The lowest BCUT2D eigenvalue weighted by Gasteiger charge is -2.16. The van der Waals surface area contributed by atoms with Crippen molar-refractivity contribution in [1.82, 2.24) is 14.5 Å². The smallest absolute Gasteiger partial charge is 0.423 e. The molecule has 2 aromatic carbocycles. The normalized spacial score (nSPS) is 14.6. The number of amides is 2. The number of benzene rings is 2. The second kappa shape index (κ2) is 8.33. The molecule has 5 rings (SSSR count). The maximum Gasteiger partial charge on any atom is 0.488 e. The Kier molecular flexibility index (Phi) is 5.47. The number of aryl methyl sites for hydroxylation is 2. The van der Waals surface area contributed by atoms with Crippen molar-refractivity contribution in [3.63, 3.8) is 0 Å². The summed E-state index contributed by atoms with van der Waals surface area (Å²) in [4.78, 5) is 12.7. The van der Waals surface area contributed by atoms with Gasteiger partial charge in [0.05, 0.1) is 5.69 Å². The van der Waals surface area contributed by atoms with E-state index in [-0.39, 0.29) is 10.5 Å². The van der Waals surface area contributed by atoms with Gasteiger partial charge in [-0.1, -0.05) is 18.2 Å². The van der Waals surface area contributed by atoms with Crippen molar-refractivity contribution >= 4 is 34.3 Å². The van der Waals surface area contributed by atoms with E-state index in [9.17, 15) is 23.3 Å². The number of hydrogen-bond acceptors (Lipinski definition) is 6. The van der Waals surface area contributed by atoms with Crippen LogP contribution in [0.5, 0.6) is 0 Å². The monoisotopic (exact) mass is 466 g/mol. The van der Waals surface area contributed by atoms with Gasteiger partial charge in [-0.05, 0) is 84.4 Å². The highest BCUT2D eigenvalue weighted by atomic mass is 32.2. The largest absolute Gasteiger partial charge is 0.488 e. The standard InChI is InChI=1S/C22H23BN4O5S/c28-22(24-21-18-8-1-4-14(18)12-15-5-2-9-19(15)21)26-33(31,32)20-10-11-27(25-20)17-7-3-6-16(13-17)23(29)30/h3,6-7,10-13,29-30H,1-2,4-5,8-9H2,(H2,24,26,28). The molecule has 0 atom stereocenters. The van der Waals surface area contributed by atoms with Crippen molar-refractivity contribution in [3.8, 4) is 5.69 Å². The van der Waals surface area contributed by atoms with Crippen LogP contribution in [0.25, 0.3) is 5.69 Å². The highest BCUT2D eigenvalue weighted by Gasteiger charge is 2.27. The molecule has 11 heteroatoms. The maximum atomic E-state index is 12.8. The first-order valence-electron chi connectivity index (χ1n) is 10.8. The number of anilines is 1. The Morgan fingerprint density at radius 2 is 1.70 bits per heavy atom. The fourth-order valence-electron chi connectivity index (χ4n) is 4.70. The predicted molar refractivity (Wildman–Crippen MR) is 123 cm³/mol. The van der Waals surface area contributed by atoms with Gasteiger partial charge in [-0.2, -0.15) is 13.5 Å². The number of hydrogen-bond donors (Lipinski definition) is 4. The van der Waals surface area contributed by atoms with Gasteiger partial charge in [0.1, 0.15) is 0 Å². The molecular weight excluding hydrogens is 443 g/mol. The van der Waals surface area contributed by atoms with Crippen LogP contribution in [0.3, 0.4) is 0 Å². The lowest BCUT2D eigenvalue weighted by atomic mass is 9.80. The second-order valence-corrected chi connectivity index (χ2v) is 9.99. The van der Waals surface area contributed by atoms with Gasteiger partial charge < -0.3 is 15.4 Å². The molecule has 1 heterocycles. The number of sulfonamides is 1. The third-order valence-electron chi connectivity index (χ3n) is 6.21. The van der Waals surface area contributed by atoms with Crippen LogP contribution in [0.15, 0.2) is 47.6 Å². The third-order valence-corrected chi connectivity index (χ3v) is 7.43. The average molecular weight is 466 g/mol. The average Bonchev–Trinajstić information content (AvgIpc) is 3.53. The molecule has 0 saturated heterocycles. The van der Waals surface area contributed by atoms with Gasteiger partial charge in [0.2, 0.25) is 0 Å². The molecule has 170 valence electrons. The minimum absolute atomic E-state index is 0.243. The Balaban J connectivity index is 1.36. The van der Waals surface area contributed by atoms with Crippen LogP contribution in [-0.2, 0) is 35.7 Å². The minimum Gasteiger partial charge on any atom is -0.423 e. The number of carbonyl (C=O) groups excluding carboxylic acids is 1. The van der Waals surface area contributed by atoms with Crippen molar-refractivity contribution in [1.29, 1.82) is 0 Å². The summed E-state index contributed by atoms with van der Waals surface area (Å²) in [6, 6.07) is 8.94. The summed E-state index contributed by atoms with van der Waals surface area (Å²) in [7, 11) is -5.87. The van der Waals surface area contributed by atoms with Gasteiger partial charge in [0.15, 0.2) is 5.03 Å². The number of carbonyl (C=O) groups is 1. The summed E-state index contributed by atoms with van der Waals surface area (Å²) in [6.07, 6.45) is 7.17. The zero-order chi connectivity index (χ0) is 23.2. The molecule has 0 bridgehead atoms. The Morgan fingerprint density at radius 3 is 2.36 bits per heavy atom. The van der Waals surface area contributed by atoms with E-state index < -0.39 is 23.2 Å². The molecule has 0 radical (unpaired) electrons. The van der Waals surface area contributed by atoms with Crippen molar-refractivity contribution in [2.75, 3.05) is 5.32 Å². The zero-order valence-corrected chi connectivity index (χ0v) is 18.6. The maximum absolute atomic E-state index is 12.8. The molecule has 3 aromatic rings. The fraction of sp³-hybridized carbons (Fsp3) is 0.273. The quantitative estimate of drug-likeness (QED) is 0.416. The topological polar surface area (TPSA) is 134 Å². The molecule has 4 N–H and O–H groups in total. The van der Waals surface area contributed by atoms with Gasteiger partial charge in [-0.15, -0.1) is 0 Å². The highest BCUT2D eigenvalue weighted by Crippen LogP contribution is 2.38. The molecule has 0 saturated carbocycles. The lowest BCUT2D eigenvalue weighted by molar-refractivity contribution is 0.256. The second-order valence-electron chi connectivity index (χ2n) is 8.36. The van der Waals surface area contributed by atoms with Crippen LogP contribution in [-0.4, -0.2) is 41.4 Å². The summed E-state index contributed by atoms with van der Waals surface area (Å²) < 4.78 is 28.9. The number of aromatic nitrogens is 2. The molecule has 2 aliphatic rings. The van der Waals surface area contributed by atoms with Gasteiger partial charge >= 0.3 is 13.1 Å². The molecule has 9 nitrogen and oxygen atoms in total. The molecule has 0 fully saturated rings. The van der Waals surface area contributed by atoms with Gasteiger partial charge in [-0.3, -0.25) is 0 Å². The van der Waals surface area contributed by atoms with E-state index in [0.29, 0.717) is 5.69 Å². The van der Waals surface area contributed by atoms with E-state index in [1.165, 1.54) is 40.2 Å². The van der Waals surface area contributed by atoms with Gasteiger partial charge in [0.25, 0.3) is 10.0 Å². The highest BCUT2D eigenvalue weighted by molar-refractivity contribution is 7.90. The number of rotatable bonds is 5. The SMILES string of the molecule is O=C(Nc1c2c(cc3c1CCC3)CCC2)NS(=O)(=O)c1ccn(-c2cccc(B(O)O)c2)n1. The number of urea groups is 1. The Morgan fingerprint density at radius 1 is 1.00 bits per heavy atom. The van der Waals surface area contributed by atoms with Gasteiger partial charge in [-0.25, -0.2) is 14.2 Å². The molecular formula is C22H23BN4O5S. The van der Waals surface area contributed by atoms with Crippen molar-refractivity contribution in [2.45, 2.75) is 43.6 Å². The molecule has 1 aromatic heterocycles. The summed E-state index contributed by atoms with van der Waals surface area (Å²) in [5.74, 6) is 0. The Labute approximate surface area is 191 Å². The van der Waals surface area contributed by atoms with E-state index in [0.717, 1.165) is 55.3 Å². The summed E-state index contributed by atoms with van der Waals surface area (Å²) in [5, 5.41) is 25.2. The lowest BCUT2D eigenvalue weighted by Crippen LogP contribution is -2.35.